The zero-order chi connectivity index (χ0) is 11.1. The summed E-state index contributed by atoms with van der Waals surface area (Å²) in [4.78, 5) is -0.0891. The molecule has 0 heterocycles. The summed E-state index contributed by atoms with van der Waals surface area (Å²) in [5.74, 6) is 0. The lowest BCUT2D eigenvalue weighted by molar-refractivity contribution is -0.0435. The molecule has 0 saturated carbocycles. The Morgan fingerprint density at radius 2 is 1.93 bits per heavy atom. The van der Waals surface area contributed by atoms with Crippen LogP contribution in [0, 0.1) is 6.42 Å². The largest absolute Gasteiger partial charge is 0.604 e. The van der Waals surface area contributed by atoms with Crippen LogP contribution in [-0.2, 0) is 24.0 Å². The Balaban J connectivity index is 2.41. The summed E-state index contributed by atoms with van der Waals surface area (Å²) in [6, 6.07) is 4.59. The minimum Gasteiger partial charge on any atom is -0.604 e. The van der Waals surface area contributed by atoms with Crippen molar-refractivity contribution in [2.75, 3.05) is 0 Å². The monoisotopic (exact) mass is 233 g/mol. The fraction of sp³-hybridized carbons (Fsp3) is 0.300. The highest BCUT2D eigenvalue weighted by atomic mass is 32.2. The second kappa shape index (κ2) is 3.72. The molecule has 1 aromatic rings. The molecular weight excluding hydrogens is 225 g/mol. The van der Waals surface area contributed by atoms with Crippen LogP contribution in [0.5, 0.6) is 0 Å². The Labute approximate surface area is 88.5 Å². The van der Waals surface area contributed by atoms with Gasteiger partial charge in [0, 0.05) is 5.56 Å². The van der Waals surface area contributed by atoms with Gasteiger partial charge in [-0.3, -0.25) is 0 Å². The first-order chi connectivity index (χ1) is 7.00. The number of halogens is 3. The summed E-state index contributed by atoms with van der Waals surface area (Å²) in [6.45, 7) is 0. The number of fused-ring (bicyclic) bond motifs is 1. The van der Waals surface area contributed by atoms with Crippen LogP contribution in [0.4, 0.5) is 13.2 Å². The van der Waals surface area contributed by atoms with Crippen LogP contribution in [0.25, 0.3) is 0 Å². The third-order valence-corrected chi connectivity index (χ3v) is 3.56. The highest BCUT2D eigenvalue weighted by Crippen LogP contribution is 2.35. The fourth-order valence-corrected chi connectivity index (χ4v) is 2.59. The molecule has 0 amide bonds. The Bertz CT molecular complexity index is 375. The molecule has 5 heteroatoms. The van der Waals surface area contributed by atoms with Crippen LogP contribution in [0.1, 0.15) is 11.1 Å². The summed E-state index contributed by atoms with van der Waals surface area (Å²) in [6.07, 6.45) is 3.04. The fourth-order valence-electron chi connectivity index (χ4n) is 1.70. The van der Waals surface area contributed by atoms with Gasteiger partial charge in [0.05, 0.1) is 11.2 Å². The molecule has 15 heavy (non-hydrogen) atoms. The van der Waals surface area contributed by atoms with Gasteiger partial charge in [0.1, 0.15) is 0 Å². The van der Waals surface area contributed by atoms with Gasteiger partial charge in [0.15, 0.2) is 4.90 Å². The maximum atomic E-state index is 12.3. The van der Waals surface area contributed by atoms with E-state index >= 15 is 0 Å². The summed E-state index contributed by atoms with van der Waals surface area (Å²) in [5, 5.41) is 0. The molecule has 1 aliphatic rings. The topological polar surface area (TPSA) is 23.1 Å². The summed E-state index contributed by atoms with van der Waals surface area (Å²) >= 11 is -2.90. The van der Waals surface area contributed by atoms with Crippen LogP contribution >= 0.6 is 0 Å². The Morgan fingerprint density at radius 3 is 2.60 bits per heavy atom. The Kier molecular flexibility index (Phi) is 2.68. The van der Waals surface area contributed by atoms with Gasteiger partial charge >= 0.3 is 5.51 Å². The van der Waals surface area contributed by atoms with Gasteiger partial charge < -0.3 is 4.55 Å². The van der Waals surface area contributed by atoms with E-state index in [1.807, 2.05) is 6.42 Å². The van der Waals surface area contributed by atoms with Crippen molar-refractivity contribution in [1.29, 1.82) is 0 Å². The van der Waals surface area contributed by atoms with Crippen molar-refractivity contribution >= 4 is 11.2 Å². The molecule has 1 radical (unpaired) electrons. The van der Waals surface area contributed by atoms with Crippen molar-refractivity contribution in [3.63, 3.8) is 0 Å². The quantitative estimate of drug-likeness (QED) is 0.684. The molecule has 2 rings (SSSR count). The van der Waals surface area contributed by atoms with Gasteiger partial charge in [-0.25, -0.2) is 0 Å². The lowest BCUT2D eigenvalue weighted by atomic mass is 10.1. The third-order valence-electron chi connectivity index (χ3n) is 2.35. The standard InChI is InChI=1S/C10H8F3OS/c11-10(12,13)15(14)9-6-2-4-7-3-1-5-8(7)9/h1-2,4,6H,3,5H2. The molecule has 1 nitrogen and oxygen atoms in total. The molecule has 0 aromatic heterocycles. The highest BCUT2D eigenvalue weighted by molar-refractivity contribution is 7.92. The van der Waals surface area contributed by atoms with E-state index in [0.29, 0.717) is 18.4 Å². The van der Waals surface area contributed by atoms with Crippen molar-refractivity contribution < 1.29 is 17.7 Å². The van der Waals surface area contributed by atoms with Crippen LogP contribution in [0.15, 0.2) is 23.1 Å². The predicted molar refractivity (Wildman–Crippen MR) is 50.6 cm³/mol. The van der Waals surface area contributed by atoms with Crippen LogP contribution in [0.2, 0.25) is 0 Å². The van der Waals surface area contributed by atoms with Crippen molar-refractivity contribution in [3.05, 3.63) is 35.7 Å². The second-order valence-electron chi connectivity index (χ2n) is 3.31. The highest BCUT2D eigenvalue weighted by Gasteiger charge is 2.47. The Morgan fingerprint density at radius 1 is 1.20 bits per heavy atom. The Hall–Kier alpha value is -0.680. The first kappa shape index (κ1) is 10.8. The molecule has 0 bridgehead atoms. The SMILES string of the molecule is [O-][S+](c1cccc2c1C[CH]C2)C(F)(F)F. The van der Waals surface area contributed by atoms with E-state index in [9.17, 15) is 17.7 Å². The summed E-state index contributed by atoms with van der Waals surface area (Å²) in [5.41, 5.74) is -3.24. The van der Waals surface area contributed by atoms with E-state index in [0.717, 1.165) is 5.56 Å². The summed E-state index contributed by atoms with van der Waals surface area (Å²) in [7, 11) is 0. The third kappa shape index (κ3) is 1.99. The van der Waals surface area contributed by atoms with Gasteiger partial charge in [0.25, 0.3) is 0 Å². The van der Waals surface area contributed by atoms with Crippen LogP contribution < -0.4 is 0 Å². The molecule has 0 aliphatic heterocycles. The smallest absolute Gasteiger partial charge is 0.578 e. The number of benzene rings is 1. The molecule has 1 atom stereocenters. The van der Waals surface area contributed by atoms with Crippen LogP contribution in [0.3, 0.4) is 0 Å². The van der Waals surface area contributed by atoms with E-state index in [4.69, 9.17) is 0 Å². The zero-order valence-corrected chi connectivity index (χ0v) is 8.49. The molecule has 0 N–H and O–H groups in total. The molecule has 0 spiro atoms. The average Bonchev–Trinajstić information content (AvgIpc) is 2.62. The van der Waals surface area contributed by atoms with Crippen molar-refractivity contribution in [1.82, 2.24) is 0 Å². The van der Waals surface area contributed by atoms with Crippen molar-refractivity contribution in [3.8, 4) is 0 Å². The lowest BCUT2D eigenvalue weighted by Gasteiger charge is -2.14. The first-order valence-corrected chi connectivity index (χ1v) is 5.56. The minimum atomic E-state index is -4.67. The number of hydrogen-bond donors (Lipinski definition) is 0. The predicted octanol–water partition coefficient (Wildman–Crippen LogP) is 2.62. The van der Waals surface area contributed by atoms with Gasteiger partial charge in [-0.2, -0.15) is 0 Å². The number of hydrogen-bond acceptors (Lipinski definition) is 1. The molecule has 0 fully saturated rings. The van der Waals surface area contributed by atoms with Gasteiger partial charge in [0.2, 0.25) is 0 Å². The van der Waals surface area contributed by atoms with E-state index in [2.05, 4.69) is 0 Å². The van der Waals surface area contributed by atoms with Gasteiger partial charge in [-0.05, 0) is 30.9 Å². The lowest BCUT2D eigenvalue weighted by Crippen LogP contribution is -2.24. The summed E-state index contributed by atoms with van der Waals surface area (Å²) < 4.78 is 48.1. The van der Waals surface area contributed by atoms with E-state index in [1.165, 1.54) is 12.1 Å². The molecule has 1 aromatic carbocycles. The number of rotatable bonds is 1. The van der Waals surface area contributed by atoms with E-state index in [1.54, 1.807) is 6.07 Å². The maximum absolute atomic E-state index is 12.3. The van der Waals surface area contributed by atoms with Crippen LogP contribution in [-0.4, -0.2) is 10.1 Å². The van der Waals surface area contributed by atoms with Gasteiger partial charge in [-0.1, -0.05) is 12.1 Å². The second-order valence-corrected chi connectivity index (χ2v) is 4.75. The first-order valence-electron chi connectivity index (χ1n) is 4.41. The minimum absolute atomic E-state index is 0.0891. The van der Waals surface area contributed by atoms with E-state index in [-0.39, 0.29) is 4.90 Å². The molecule has 1 aliphatic carbocycles. The van der Waals surface area contributed by atoms with Crippen molar-refractivity contribution in [2.24, 2.45) is 0 Å². The number of alkyl halides is 3. The normalized spacial score (nSPS) is 17.6. The van der Waals surface area contributed by atoms with Crippen molar-refractivity contribution in [2.45, 2.75) is 23.2 Å². The molecule has 0 saturated heterocycles. The molecular formula is C10H8F3OS. The molecule has 81 valence electrons. The zero-order valence-electron chi connectivity index (χ0n) is 7.67. The average molecular weight is 233 g/mol. The maximum Gasteiger partial charge on any atom is 0.578 e. The van der Waals surface area contributed by atoms with E-state index < -0.39 is 16.7 Å². The van der Waals surface area contributed by atoms with Gasteiger partial charge in [-0.15, -0.1) is 13.2 Å². The molecule has 1 unspecified atom stereocenters.